The SMILES string of the molecule is C=C(NC(=O)C(C)(C)C)C1CCCC1.C=C(NC(=O)C(C)(C)C)C1CCCC1.[Ti+2]. The molecule has 2 saturated carbocycles. The fourth-order valence-corrected chi connectivity index (χ4v) is 3.42. The van der Waals surface area contributed by atoms with Crippen LogP contribution in [0.1, 0.15) is 92.9 Å². The molecule has 0 bridgehead atoms. The van der Waals surface area contributed by atoms with Crippen molar-refractivity contribution in [2.24, 2.45) is 22.7 Å². The Hall–Kier alpha value is -0.866. The van der Waals surface area contributed by atoms with Gasteiger partial charge in [-0.25, -0.2) is 0 Å². The van der Waals surface area contributed by atoms with E-state index >= 15 is 0 Å². The van der Waals surface area contributed by atoms with E-state index in [0.29, 0.717) is 11.8 Å². The zero-order chi connectivity index (χ0) is 21.5. The van der Waals surface area contributed by atoms with Gasteiger partial charge in [0.2, 0.25) is 11.8 Å². The predicted molar refractivity (Wildman–Crippen MR) is 117 cm³/mol. The van der Waals surface area contributed by atoms with Crippen LogP contribution in [0.15, 0.2) is 24.6 Å². The normalized spacial score (nSPS) is 17.6. The minimum Gasteiger partial charge on any atom is -0.330 e. The Labute approximate surface area is 193 Å². The zero-order valence-electron chi connectivity index (χ0n) is 19.5. The van der Waals surface area contributed by atoms with E-state index in [9.17, 15) is 9.59 Å². The summed E-state index contributed by atoms with van der Waals surface area (Å²) in [6.07, 6.45) is 9.83. The topological polar surface area (TPSA) is 58.2 Å². The third kappa shape index (κ3) is 10.1. The molecule has 0 heterocycles. The summed E-state index contributed by atoms with van der Waals surface area (Å²) in [7, 11) is 0. The van der Waals surface area contributed by atoms with E-state index in [1.807, 2.05) is 41.5 Å². The van der Waals surface area contributed by atoms with Gasteiger partial charge in [0.25, 0.3) is 0 Å². The van der Waals surface area contributed by atoms with Crippen molar-refractivity contribution in [1.29, 1.82) is 0 Å². The van der Waals surface area contributed by atoms with Crippen molar-refractivity contribution < 1.29 is 31.3 Å². The monoisotopic (exact) mass is 438 g/mol. The molecule has 162 valence electrons. The molecule has 29 heavy (non-hydrogen) atoms. The third-order valence-corrected chi connectivity index (χ3v) is 5.61. The Balaban J connectivity index is 0.000000523. The Bertz CT molecular complexity index is 521. The second kappa shape index (κ2) is 12.1. The molecular formula is C24H42N2O2Ti+2. The van der Waals surface area contributed by atoms with Gasteiger partial charge in [-0.05, 0) is 37.5 Å². The number of amides is 2. The first-order valence-electron chi connectivity index (χ1n) is 10.8. The maximum Gasteiger partial charge on any atom is 2.00 e. The number of carbonyl (C=O) groups excluding carboxylic acids is 2. The van der Waals surface area contributed by atoms with Crippen LogP contribution in [0.4, 0.5) is 0 Å². The Morgan fingerprint density at radius 2 is 0.897 bits per heavy atom. The number of hydrogen-bond donors (Lipinski definition) is 2. The number of allylic oxidation sites excluding steroid dienone is 2. The first-order valence-corrected chi connectivity index (χ1v) is 10.8. The molecule has 2 rings (SSSR count). The Kier molecular flexibility index (Phi) is 11.7. The fraction of sp³-hybridized carbons (Fsp3) is 0.750. The van der Waals surface area contributed by atoms with Crippen LogP contribution in [0, 0.1) is 22.7 Å². The quantitative estimate of drug-likeness (QED) is 0.553. The standard InChI is InChI=1S/2C12H21NO.Ti/c2*1-9(10-7-5-6-8-10)13-11(14)12(2,3)4;/h2*10H,1,5-8H2,2-4H3,(H,13,14);/q;;+2. The molecule has 5 heteroatoms. The van der Waals surface area contributed by atoms with Crippen LogP contribution < -0.4 is 10.6 Å². The molecule has 0 aliphatic heterocycles. The summed E-state index contributed by atoms with van der Waals surface area (Å²) in [4.78, 5) is 23.3. The van der Waals surface area contributed by atoms with E-state index in [4.69, 9.17) is 0 Å². The van der Waals surface area contributed by atoms with Crippen LogP contribution >= 0.6 is 0 Å². The van der Waals surface area contributed by atoms with E-state index in [1.165, 1.54) is 51.4 Å². The molecule has 0 radical (unpaired) electrons. The second-order valence-corrected chi connectivity index (χ2v) is 10.4. The van der Waals surface area contributed by atoms with Crippen molar-refractivity contribution in [2.75, 3.05) is 0 Å². The first kappa shape index (κ1) is 28.1. The fourth-order valence-electron chi connectivity index (χ4n) is 3.42. The van der Waals surface area contributed by atoms with Crippen molar-refractivity contribution in [1.82, 2.24) is 10.6 Å². The molecular weight excluding hydrogens is 396 g/mol. The molecule has 2 fully saturated rings. The maximum atomic E-state index is 11.7. The molecule has 2 N–H and O–H groups in total. The minimum atomic E-state index is -0.318. The number of nitrogens with one attached hydrogen (secondary N) is 2. The van der Waals surface area contributed by atoms with Crippen LogP contribution in [-0.2, 0) is 31.3 Å². The summed E-state index contributed by atoms with van der Waals surface area (Å²) in [5.74, 6) is 1.19. The largest absolute Gasteiger partial charge is 2.00 e. The van der Waals surface area contributed by atoms with Crippen LogP contribution in [0.3, 0.4) is 0 Å². The number of carbonyl (C=O) groups is 2. The second-order valence-electron chi connectivity index (χ2n) is 10.4. The van der Waals surface area contributed by atoms with Gasteiger partial charge < -0.3 is 10.6 Å². The molecule has 2 aliphatic carbocycles. The van der Waals surface area contributed by atoms with Crippen molar-refractivity contribution in [2.45, 2.75) is 92.9 Å². The van der Waals surface area contributed by atoms with Crippen LogP contribution in [-0.4, -0.2) is 11.8 Å². The van der Waals surface area contributed by atoms with E-state index in [1.54, 1.807) is 0 Å². The van der Waals surface area contributed by atoms with Crippen molar-refractivity contribution in [3.05, 3.63) is 24.6 Å². The van der Waals surface area contributed by atoms with Crippen molar-refractivity contribution in [3.8, 4) is 0 Å². The molecule has 2 aliphatic rings. The molecule has 0 atom stereocenters. The molecule has 0 saturated heterocycles. The van der Waals surface area contributed by atoms with Crippen LogP contribution in [0.2, 0.25) is 0 Å². The third-order valence-electron chi connectivity index (χ3n) is 5.61. The van der Waals surface area contributed by atoms with E-state index in [0.717, 1.165) is 11.4 Å². The molecule has 0 unspecified atom stereocenters. The summed E-state index contributed by atoms with van der Waals surface area (Å²) in [6.45, 7) is 19.4. The van der Waals surface area contributed by atoms with Gasteiger partial charge in [-0.3, -0.25) is 9.59 Å². The van der Waals surface area contributed by atoms with Gasteiger partial charge >= 0.3 is 21.7 Å². The van der Waals surface area contributed by atoms with Crippen molar-refractivity contribution in [3.63, 3.8) is 0 Å². The van der Waals surface area contributed by atoms with Crippen LogP contribution in [0.25, 0.3) is 0 Å². The summed E-state index contributed by atoms with van der Waals surface area (Å²) in [6, 6.07) is 0. The van der Waals surface area contributed by atoms with Gasteiger partial charge in [-0.15, -0.1) is 0 Å². The van der Waals surface area contributed by atoms with E-state index < -0.39 is 0 Å². The molecule has 0 aromatic rings. The smallest absolute Gasteiger partial charge is 0.330 e. The van der Waals surface area contributed by atoms with Gasteiger partial charge in [0, 0.05) is 22.2 Å². The zero-order valence-corrected chi connectivity index (χ0v) is 21.1. The van der Waals surface area contributed by atoms with Gasteiger partial charge in [-0.2, -0.15) is 0 Å². The maximum absolute atomic E-state index is 11.7. The van der Waals surface area contributed by atoms with E-state index in [-0.39, 0.29) is 44.4 Å². The first-order chi connectivity index (χ1) is 12.8. The summed E-state index contributed by atoms with van der Waals surface area (Å²) in [5, 5.41) is 5.86. The molecule has 0 aromatic carbocycles. The van der Waals surface area contributed by atoms with Crippen LogP contribution in [0.5, 0.6) is 0 Å². The Morgan fingerprint density at radius 3 is 1.10 bits per heavy atom. The predicted octanol–water partition coefficient (Wildman–Crippen LogP) is 5.70. The summed E-state index contributed by atoms with van der Waals surface area (Å²) >= 11 is 0. The van der Waals surface area contributed by atoms with Gasteiger partial charge in [0.15, 0.2) is 0 Å². The van der Waals surface area contributed by atoms with E-state index in [2.05, 4.69) is 23.8 Å². The molecule has 0 spiro atoms. The average molecular weight is 438 g/mol. The number of rotatable bonds is 4. The molecule has 0 aromatic heterocycles. The molecule has 4 nitrogen and oxygen atoms in total. The summed E-state index contributed by atoms with van der Waals surface area (Å²) < 4.78 is 0. The number of hydrogen-bond acceptors (Lipinski definition) is 2. The van der Waals surface area contributed by atoms with Gasteiger partial charge in [-0.1, -0.05) is 80.4 Å². The Morgan fingerprint density at radius 1 is 0.655 bits per heavy atom. The van der Waals surface area contributed by atoms with Gasteiger partial charge in [0.05, 0.1) is 0 Å². The average Bonchev–Trinajstić information content (AvgIpc) is 3.27. The van der Waals surface area contributed by atoms with Gasteiger partial charge in [0.1, 0.15) is 0 Å². The molecule has 2 amide bonds. The van der Waals surface area contributed by atoms with Crippen molar-refractivity contribution >= 4 is 11.8 Å². The minimum absolute atomic E-state index is 0. The summed E-state index contributed by atoms with van der Waals surface area (Å²) in [5.41, 5.74) is 1.20.